The van der Waals surface area contributed by atoms with Crippen LogP contribution in [0.25, 0.3) is 0 Å². The zero-order chi connectivity index (χ0) is 42.4. The number of ether oxygens (including phenoxy) is 4. The van der Waals surface area contributed by atoms with Crippen LogP contribution in [0.15, 0.2) is 0 Å². The molecule has 0 spiro atoms. The van der Waals surface area contributed by atoms with Crippen molar-refractivity contribution >= 4 is 36.1 Å². The number of piperidine rings is 2. The third-order valence-electron chi connectivity index (χ3n) is 10.5. The summed E-state index contributed by atoms with van der Waals surface area (Å²) in [7, 11) is 1.77. The van der Waals surface area contributed by atoms with Crippen molar-refractivity contribution in [1.82, 2.24) is 40.5 Å². The van der Waals surface area contributed by atoms with E-state index >= 15 is 0 Å². The van der Waals surface area contributed by atoms with Crippen molar-refractivity contribution in [1.29, 1.82) is 0 Å². The van der Waals surface area contributed by atoms with E-state index in [1.807, 2.05) is 41.5 Å². The van der Waals surface area contributed by atoms with Gasteiger partial charge >= 0.3 is 24.2 Å². The van der Waals surface area contributed by atoms with Crippen LogP contribution < -0.4 is 11.0 Å². The Morgan fingerprint density at radius 3 is 1.57 bits per heavy atom. The van der Waals surface area contributed by atoms with Crippen LogP contribution in [0.2, 0.25) is 0 Å². The molecule has 6 aliphatic rings. The molecule has 6 fully saturated rings. The number of hydrogen-bond acceptors (Lipinski definition) is 13. The number of nitrogens with one attached hydrogen (secondary N) is 2. The van der Waals surface area contributed by atoms with Crippen LogP contribution >= 0.6 is 0 Å². The fourth-order valence-corrected chi connectivity index (χ4v) is 7.56. The molecule has 6 aliphatic heterocycles. The molecule has 4 bridgehead atoms. The maximum Gasteiger partial charge on any atom is 0.410 e. The van der Waals surface area contributed by atoms with Gasteiger partial charge < -0.3 is 43.4 Å². The van der Waals surface area contributed by atoms with Crippen LogP contribution in [0.3, 0.4) is 0 Å². The van der Waals surface area contributed by atoms with Crippen molar-refractivity contribution in [3.63, 3.8) is 0 Å². The molecule has 0 saturated carbocycles. The Hall–Kier alpha value is -4.18. The Kier molecular flexibility index (Phi) is 14.9. The minimum Gasteiger partial charge on any atom is -0.444 e. The lowest BCUT2D eigenvalue weighted by Gasteiger charge is -2.30. The van der Waals surface area contributed by atoms with Gasteiger partial charge in [0.25, 0.3) is 11.8 Å². The molecule has 3 N–H and O–H groups in total. The molecule has 8 amide bonds. The molecule has 21 nitrogen and oxygen atoms in total. The number of likely N-dealkylation sites (N-methyl/N-ethyl adjacent to an activating group) is 1. The maximum absolute atomic E-state index is 12.5. The van der Waals surface area contributed by atoms with Gasteiger partial charge in [-0.1, -0.05) is 0 Å². The molecule has 6 heterocycles. The number of fused-ring (bicyclic) bond motifs is 4. The molecule has 0 radical (unpaired) electrons. The predicted octanol–water partition coefficient (Wildman–Crippen LogP) is 1.68. The molecule has 0 aromatic heterocycles. The van der Waals surface area contributed by atoms with Gasteiger partial charge in [-0.2, -0.15) is 0 Å². The average Bonchev–Trinajstić information content (AvgIpc) is 3.39. The van der Waals surface area contributed by atoms with E-state index in [1.165, 1.54) is 4.90 Å². The Labute approximate surface area is 339 Å². The fourth-order valence-electron chi connectivity index (χ4n) is 7.56. The number of carbonyl (C=O) groups excluding carboxylic acids is 6. The quantitative estimate of drug-likeness (QED) is 0.235. The molecule has 6 saturated heterocycles. The zero-order valence-electron chi connectivity index (χ0n) is 34.8. The minimum atomic E-state index is -0.677. The highest BCUT2D eigenvalue weighted by Gasteiger charge is 2.47. The molecule has 6 atom stereocenters. The first-order valence-electron chi connectivity index (χ1n) is 20.2. The van der Waals surface area contributed by atoms with Gasteiger partial charge in [-0.05, 0) is 80.1 Å². The predicted molar refractivity (Wildman–Crippen MR) is 202 cm³/mol. The van der Waals surface area contributed by atoms with E-state index in [2.05, 4.69) is 11.0 Å². The van der Waals surface area contributed by atoms with Crippen molar-refractivity contribution < 1.29 is 62.6 Å². The fraction of sp³-hybridized carbons (Fsp3) is 0.838. The van der Waals surface area contributed by atoms with E-state index in [4.69, 9.17) is 28.6 Å². The number of urea groups is 2. The number of amides is 8. The van der Waals surface area contributed by atoms with Crippen LogP contribution in [-0.4, -0.2) is 191 Å². The van der Waals surface area contributed by atoms with Crippen LogP contribution in [0.4, 0.5) is 19.2 Å². The highest BCUT2D eigenvalue weighted by atomic mass is 16.7. The van der Waals surface area contributed by atoms with Gasteiger partial charge in [0, 0.05) is 46.4 Å². The molecular formula is C37H62N8O13. The van der Waals surface area contributed by atoms with Gasteiger partial charge in [0.15, 0.2) is 0 Å². The molecule has 328 valence electrons. The Morgan fingerprint density at radius 1 is 0.672 bits per heavy atom. The Morgan fingerprint density at radius 2 is 1.10 bits per heavy atom. The van der Waals surface area contributed by atoms with Gasteiger partial charge in [0.05, 0.1) is 25.2 Å². The third kappa shape index (κ3) is 12.0. The van der Waals surface area contributed by atoms with E-state index < -0.39 is 47.4 Å². The molecule has 6 rings (SSSR count). The van der Waals surface area contributed by atoms with Gasteiger partial charge in [-0.3, -0.25) is 24.5 Å². The summed E-state index contributed by atoms with van der Waals surface area (Å²) < 4.78 is 22.3. The van der Waals surface area contributed by atoms with Gasteiger partial charge in [-0.15, -0.1) is 0 Å². The third-order valence-corrected chi connectivity index (χ3v) is 10.5. The van der Waals surface area contributed by atoms with E-state index in [9.17, 15) is 34.0 Å². The second kappa shape index (κ2) is 19.3. The molecule has 58 heavy (non-hydrogen) atoms. The summed E-state index contributed by atoms with van der Waals surface area (Å²) >= 11 is 0. The highest BCUT2D eigenvalue weighted by molar-refractivity contribution is 5.88. The summed E-state index contributed by atoms with van der Waals surface area (Å²) in [5, 5.41) is 10.4. The summed E-state index contributed by atoms with van der Waals surface area (Å²) in [6.07, 6.45) is 2.22. The number of nitrogens with zero attached hydrogens (tertiary/aromatic N) is 6. The number of hydroxylamine groups is 4. The lowest BCUT2D eigenvalue weighted by Crippen LogP contribution is -2.50. The lowest BCUT2D eigenvalue weighted by atomic mass is 10.0. The summed E-state index contributed by atoms with van der Waals surface area (Å²) in [6, 6.07) is -1.95. The monoisotopic (exact) mass is 826 g/mol. The smallest absolute Gasteiger partial charge is 0.410 e. The first-order chi connectivity index (χ1) is 27.3. The highest BCUT2D eigenvalue weighted by Crippen LogP contribution is 2.30. The van der Waals surface area contributed by atoms with Crippen LogP contribution in [0, 0.1) is 0 Å². The van der Waals surface area contributed by atoms with Crippen molar-refractivity contribution in [3.05, 3.63) is 0 Å². The summed E-state index contributed by atoms with van der Waals surface area (Å²) in [6.45, 7) is 14.6. The van der Waals surface area contributed by atoms with Crippen LogP contribution in [-0.2, 0) is 38.2 Å². The molecule has 2 unspecified atom stereocenters. The van der Waals surface area contributed by atoms with Crippen LogP contribution in [0.5, 0.6) is 0 Å². The first kappa shape index (κ1) is 44.9. The first-order valence-corrected chi connectivity index (χ1v) is 20.2. The Balaban J connectivity index is 0.000000221. The topological polar surface area (TPSA) is 222 Å². The van der Waals surface area contributed by atoms with Crippen molar-refractivity contribution in [3.8, 4) is 0 Å². The van der Waals surface area contributed by atoms with Crippen molar-refractivity contribution in [2.24, 2.45) is 0 Å². The second-order valence-corrected chi connectivity index (χ2v) is 17.4. The summed E-state index contributed by atoms with van der Waals surface area (Å²) in [4.78, 5) is 92.3. The van der Waals surface area contributed by atoms with E-state index in [0.29, 0.717) is 89.6 Å². The minimum absolute atomic E-state index is 0.0560. The average molecular weight is 827 g/mol. The molecule has 21 heteroatoms. The van der Waals surface area contributed by atoms with Crippen molar-refractivity contribution in [2.45, 2.75) is 128 Å². The van der Waals surface area contributed by atoms with Crippen LogP contribution in [0.1, 0.15) is 80.1 Å². The van der Waals surface area contributed by atoms with E-state index in [1.54, 1.807) is 26.6 Å². The van der Waals surface area contributed by atoms with Gasteiger partial charge in [-0.25, -0.2) is 35.2 Å². The molecule has 0 aromatic rings. The normalized spacial score (nSPS) is 27.7. The molecule has 0 aromatic carbocycles. The van der Waals surface area contributed by atoms with Gasteiger partial charge in [0.1, 0.15) is 48.7 Å². The lowest BCUT2D eigenvalue weighted by molar-refractivity contribution is -0.143. The standard InChI is InChI=1S/C19H32N4O6.C18H30N4O7/c1-19(2,3)29-18(26)22-8-5-9-27-14(11-22)12-28-20-16(24)15-7-6-13-10-23(15)17(25)21(13)4;1-18(2,3)29-17(25)20-7-4-8-27-13(10-20)11-28-19-15(23)14-6-5-12-9-21(14)16(24)22(12)26/h13-15H,5-12H2,1-4H3,(H,20,24);12-14,26H,4-11H2,1-3H3,(H,19,23)/t13-,14?,15+;12-,13?,14+/m11/s1. The molecular weight excluding hydrogens is 764 g/mol. The van der Waals surface area contributed by atoms with Gasteiger partial charge in [0.2, 0.25) is 0 Å². The number of carbonyl (C=O) groups is 6. The maximum atomic E-state index is 12.5. The Bertz CT molecular complexity index is 1380. The zero-order valence-corrected chi connectivity index (χ0v) is 34.8. The SMILES string of the molecule is CC(C)(C)OC(=O)N1CCCOC(CONC(=O)[C@@H]2CC[C@@H]3CN2C(=O)N3O)C1.CN1C(=O)N2C[C@H]1CC[C@H]2C(=O)NOCC1CN(C(=O)OC(C)(C)C)CCCO1. The molecule has 0 aliphatic carbocycles. The van der Waals surface area contributed by atoms with Crippen molar-refractivity contribution in [2.75, 3.05) is 72.7 Å². The number of rotatable bonds is 8. The number of hydrogen-bond donors (Lipinski definition) is 3. The largest absolute Gasteiger partial charge is 0.444 e. The summed E-state index contributed by atoms with van der Waals surface area (Å²) in [5.74, 6) is -0.769. The van der Waals surface area contributed by atoms with E-state index in [-0.39, 0.29) is 49.4 Å². The van der Waals surface area contributed by atoms with E-state index in [0.717, 1.165) is 6.42 Å². The summed E-state index contributed by atoms with van der Waals surface area (Å²) in [5.41, 5.74) is 3.68. The second-order valence-electron chi connectivity index (χ2n) is 17.4.